The van der Waals surface area contributed by atoms with Gasteiger partial charge in [-0.3, -0.25) is 9.67 Å². The van der Waals surface area contributed by atoms with Crippen LogP contribution in [0.3, 0.4) is 0 Å². The summed E-state index contributed by atoms with van der Waals surface area (Å²) in [6, 6.07) is 12.1. The Hall–Kier alpha value is -3.68. The van der Waals surface area contributed by atoms with E-state index in [2.05, 4.69) is 17.2 Å². The molecule has 1 aliphatic rings. The van der Waals surface area contributed by atoms with Crippen LogP contribution >= 0.6 is 0 Å². The Morgan fingerprint density at radius 1 is 1.00 bits per heavy atom. The zero-order valence-corrected chi connectivity index (χ0v) is 20.9. The molecule has 0 spiro atoms. The smallest absolute Gasteiger partial charge is 0.410 e. The Labute approximate surface area is 204 Å². The van der Waals surface area contributed by atoms with Gasteiger partial charge in [-0.1, -0.05) is 0 Å². The fourth-order valence-corrected chi connectivity index (χ4v) is 4.63. The van der Waals surface area contributed by atoms with Gasteiger partial charge in [0.05, 0.1) is 29.4 Å². The standard InChI is InChI=1S/C27H31N5O3/c1-27(2,3)35-26(33)32-12-10-17(11-13-32)20-6-8-23-22(28-20)9-7-21(29-23)19-14-18-16-31(4)30-24(18)15-25(19)34-5/h6-9,14-17H,10-13H2,1-5H3. The highest BCUT2D eigenvalue weighted by Gasteiger charge is 2.28. The molecule has 1 aliphatic heterocycles. The SMILES string of the molecule is COc1cc2nn(C)cc2cc1-c1ccc2nc(C3CCN(C(=O)OC(C)(C)C)CC3)ccc2n1. The van der Waals surface area contributed by atoms with Crippen LogP contribution < -0.4 is 4.74 Å². The van der Waals surface area contributed by atoms with Crippen molar-refractivity contribution >= 4 is 28.0 Å². The summed E-state index contributed by atoms with van der Waals surface area (Å²) in [4.78, 5) is 24.0. The first-order valence-electron chi connectivity index (χ1n) is 12.0. The van der Waals surface area contributed by atoms with E-state index in [0.29, 0.717) is 19.0 Å². The second-order valence-corrected chi connectivity index (χ2v) is 10.1. The average molecular weight is 474 g/mol. The van der Waals surface area contributed by atoms with Crippen molar-refractivity contribution in [1.82, 2.24) is 24.6 Å². The molecular formula is C27H31N5O3. The van der Waals surface area contributed by atoms with Crippen molar-refractivity contribution in [3.8, 4) is 17.0 Å². The first-order valence-corrected chi connectivity index (χ1v) is 12.0. The molecule has 35 heavy (non-hydrogen) atoms. The van der Waals surface area contributed by atoms with Gasteiger partial charge in [0.25, 0.3) is 0 Å². The van der Waals surface area contributed by atoms with Gasteiger partial charge in [0.2, 0.25) is 0 Å². The number of hydrogen-bond acceptors (Lipinski definition) is 6. The summed E-state index contributed by atoms with van der Waals surface area (Å²) < 4.78 is 12.9. The van der Waals surface area contributed by atoms with Crippen LogP contribution in [0.25, 0.3) is 33.2 Å². The van der Waals surface area contributed by atoms with E-state index in [1.165, 1.54) is 0 Å². The largest absolute Gasteiger partial charge is 0.496 e. The number of aryl methyl sites for hydroxylation is 1. The summed E-state index contributed by atoms with van der Waals surface area (Å²) in [5.74, 6) is 1.05. The fraction of sp³-hybridized carbons (Fsp3) is 0.407. The second kappa shape index (κ2) is 8.83. The summed E-state index contributed by atoms with van der Waals surface area (Å²) in [6.45, 7) is 7.02. The van der Waals surface area contributed by atoms with Crippen LogP contribution in [0, 0.1) is 0 Å². The molecule has 1 amide bonds. The molecule has 0 saturated carbocycles. The Balaban J connectivity index is 1.36. The van der Waals surface area contributed by atoms with Crippen LogP contribution in [0.1, 0.15) is 45.2 Å². The number of benzene rings is 1. The highest BCUT2D eigenvalue weighted by molar-refractivity contribution is 5.88. The Morgan fingerprint density at radius 2 is 1.71 bits per heavy atom. The molecule has 1 saturated heterocycles. The Kier molecular flexibility index (Phi) is 5.83. The minimum absolute atomic E-state index is 0.237. The summed E-state index contributed by atoms with van der Waals surface area (Å²) >= 11 is 0. The predicted molar refractivity (Wildman–Crippen MR) is 136 cm³/mol. The number of amides is 1. The summed E-state index contributed by atoms with van der Waals surface area (Å²) in [5, 5.41) is 5.51. The number of rotatable bonds is 3. The Bertz CT molecular complexity index is 1400. The number of methoxy groups -OCH3 is 1. The topological polar surface area (TPSA) is 82.4 Å². The highest BCUT2D eigenvalue weighted by atomic mass is 16.6. The third kappa shape index (κ3) is 4.78. The predicted octanol–water partition coefficient (Wildman–Crippen LogP) is 5.31. The first kappa shape index (κ1) is 23.1. The zero-order valence-electron chi connectivity index (χ0n) is 20.9. The normalized spacial score (nSPS) is 15.1. The van der Waals surface area contributed by atoms with Crippen molar-refractivity contribution in [3.05, 3.63) is 48.3 Å². The third-order valence-corrected chi connectivity index (χ3v) is 6.34. The van der Waals surface area contributed by atoms with Crippen LogP contribution in [-0.4, -0.2) is 56.5 Å². The molecule has 0 aliphatic carbocycles. The van der Waals surface area contributed by atoms with E-state index in [9.17, 15) is 4.79 Å². The maximum absolute atomic E-state index is 12.4. The molecule has 4 heterocycles. The van der Waals surface area contributed by atoms with Crippen molar-refractivity contribution in [2.45, 2.75) is 45.1 Å². The number of piperidine rings is 1. The third-order valence-electron chi connectivity index (χ3n) is 6.34. The van der Waals surface area contributed by atoms with Crippen LogP contribution in [0.2, 0.25) is 0 Å². The van der Waals surface area contributed by atoms with Gasteiger partial charge in [0, 0.05) is 55.0 Å². The minimum Gasteiger partial charge on any atom is -0.496 e. The quantitative estimate of drug-likeness (QED) is 0.401. The molecule has 3 aromatic heterocycles. The van der Waals surface area contributed by atoms with Crippen molar-refractivity contribution < 1.29 is 14.3 Å². The molecule has 8 heteroatoms. The minimum atomic E-state index is -0.479. The lowest BCUT2D eigenvalue weighted by molar-refractivity contribution is 0.0204. The molecule has 0 bridgehead atoms. The van der Waals surface area contributed by atoms with Gasteiger partial charge in [0.1, 0.15) is 11.4 Å². The first-order chi connectivity index (χ1) is 16.7. The van der Waals surface area contributed by atoms with Gasteiger partial charge in [-0.25, -0.2) is 9.78 Å². The van der Waals surface area contributed by atoms with Gasteiger partial charge < -0.3 is 14.4 Å². The van der Waals surface area contributed by atoms with Crippen LogP contribution in [0.15, 0.2) is 42.6 Å². The number of nitrogens with zero attached hydrogens (tertiary/aromatic N) is 5. The van der Waals surface area contributed by atoms with Crippen LogP contribution in [-0.2, 0) is 11.8 Å². The van der Waals surface area contributed by atoms with Crippen molar-refractivity contribution in [3.63, 3.8) is 0 Å². The fourth-order valence-electron chi connectivity index (χ4n) is 4.63. The summed E-state index contributed by atoms with van der Waals surface area (Å²) in [6.07, 6.45) is 3.48. The monoisotopic (exact) mass is 473 g/mol. The molecule has 0 radical (unpaired) electrons. The van der Waals surface area contributed by atoms with E-state index in [1.54, 1.807) is 16.7 Å². The van der Waals surface area contributed by atoms with Gasteiger partial charge in [-0.2, -0.15) is 5.10 Å². The number of hydrogen-bond donors (Lipinski definition) is 0. The van der Waals surface area contributed by atoms with Gasteiger partial charge in [-0.15, -0.1) is 0 Å². The van der Waals surface area contributed by atoms with Crippen LogP contribution in [0.4, 0.5) is 4.79 Å². The van der Waals surface area contributed by atoms with Crippen molar-refractivity contribution in [2.24, 2.45) is 7.05 Å². The number of likely N-dealkylation sites (tertiary alicyclic amines) is 1. The van der Waals surface area contributed by atoms with E-state index < -0.39 is 5.60 Å². The number of carbonyl (C=O) groups excluding carboxylic acids is 1. The van der Waals surface area contributed by atoms with Crippen molar-refractivity contribution in [1.29, 1.82) is 0 Å². The van der Waals surface area contributed by atoms with E-state index >= 15 is 0 Å². The lowest BCUT2D eigenvalue weighted by atomic mass is 9.93. The van der Waals surface area contributed by atoms with Gasteiger partial charge >= 0.3 is 6.09 Å². The maximum atomic E-state index is 12.4. The Morgan fingerprint density at radius 3 is 2.43 bits per heavy atom. The zero-order chi connectivity index (χ0) is 24.7. The molecule has 5 rings (SSSR count). The second-order valence-electron chi connectivity index (χ2n) is 10.1. The lowest BCUT2D eigenvalue weighted by Crippen LogP contribution is -2.41. The average Bonchev–Trinajstić information content (AvgIpc) is 3.20. The number of ether oxygens (including phenoxy) is 2. The van der Waals surface area contributed by atoms with E-state index in [0.717, 1.165) is 57.5 Å². The molecule has 182 valence electrons. The number of pyridine rings is 2. The summed E-state index contributed by atoms with van der Waals surface area (Å²) in [5.41, 5.74) is 4.91. The molecule has 0 atom stereocenters. The van der Waals surface area contributed by atoms with E-state index in [-0.39, 0.29) is 6.09 Å². The van der Waals surface area contributed by atoms with Crippen LogP contribution in [0.5, 0.6) is 5.75 Å². The van der Waals surface area contributed by atoms with Gasteiger partial charge in [-0.05, 0) is 63.9 Å². The van der Waals surface area contributed by atoms with E-state index in [4.69, 9.17) is 19.4 Å². The van der Waals surface area contributed by atoms with E-state index in [1.807, 2.05) is 58.3 Å². The van der Waals surface area contributed by atoms with Crippen molar-refractivity contribution in [2.75, 3.05) is 20.2 Å². The molecule has 8 nitrogen and oxygen atoms in total. The molecule has 4 aromatic rings. The molecular weight excluding hydrogens is 442 g/mol. The molecule has 1 aromatic carbocycles. The molecule has 0 unspecified atom stereocenters. The maximum Gasteiger partial charge on any atom is 0.410 e. The number of fused-ring (bicyclic) bond motifs is 2. The highest BCUT2D eigenvalue weighted by Crippen LogP contribution is 2.34. The van der Waals surface area contributed by atoms with Gasteiger partial charge in [0.15, 0.2) is 0 Å². The number of carbonyl (C=O) groups is 1. The summed E-state index contributed by atoms with van der Waals surface area (Å²) in [7, 11) is 3.57. The molecule has 1 fully saturated rings. The molecule has 0 N–H and O–H groups in total. The number of aromatic nitrogens is 4. The lowest BCUT2D eigenvalue weighted by Gasteiger charge is -2.33.